The van der Waals surface area contributed by atoms with Crippen molar-refractivity contribution in [3.63, 3.8) is 0 Å². The quantitative estimate of drug-likeness (QED) is 0.492. The molecule has 1 atom stereocenters. The Morgan fingerprint density at radius 1 is 1.21 bits per heavy atom. The van der Waals surface area contributed by atoms with Gasteiger partial charge in [0.25, 0.3) is 15.9 Å². The first-order valence-electron chi connectivity index (χ1n) is 10.1. The number of hydrogen-bond acceptors (Lipinski definition) is 6. The number of benzene rings is 3. The van der Waals surface area contributed by atoms with Crippen molar-refractivity contribution < 1.29 is 27.4 Å². The van der Waals surface area contributed by atoms with Gasteiger partial charge >= 0.3 is 0 Å². The molecule has 0 bridgehead atoms. The lowest BCUT2D eigenvalue weighted by Crippen LogP contribution is -2.45. The number of nitrogens with two attached hydrogens (primary N) is 1. The van der Waals surface area contributed by atoms with Crippen LogP contribution in [-0.4, -0.2) is 38.7 Å². The molecule has 33 heavy (non-hydrogen) atoms. The van der Waals surface area contributed by atoms with E-state index in [1.54, 1.807) is 19.1 Å². The van der Waals surface area contributed by atoms with Crippen LogP contribution < -0.4 is 20.1 Å². The summed E-state index contributed by atoms with van der Waals surface area (Å²) in [4.78, 5) is 12.7. The number of sulfonamides is 1. The van der Waals surface area contributed by atoms with Crippen molar-refractivity contribution in [1.82, 2.24) is 0 Å². The molecule has 10 heteroatoms. The number of nitrogens with one attached hydrogen (secondary N) is 1. The largest absolute Gasteiger partial charge is 0.484 e. The molecule has 0 radical (unpaired) electrons. The number of nitrogen functional groups attached to an aromatic ring is 1. The standard InChI is InChI=1S/C23H22FN3O5S/c1-14-4-2-7-19(24)22(14)23(29)26-16-8-9-21-20(11-16)27(12-17(13-28)32-21)33(30,31)18-6-3-5-15(25)10-18/h2-11,17,28H,12-13,25H2,1H3,(H,26,29)/t17-/m1/s1. The minimum atomic E-state index is -4.06. The molecular formula is C23H22FN3O5S. The van der Waals surface area contributed by atoms with Gasteiger partial charge in [-0.1, -0.05) is 18.2 Å². The molecule has 1 aliphatic rings. The number of aryl methyl sites for hydroxylation is 1. The SMILES string of the molecule is Cc1cccc(F)c1C(=O)Nc1ccc2c(c1)N(S(=O)(=O)c1cccc(N)c1)C[C@H](CO)O2. The molecule has 0 aliphatic carbocycles. The minimum absolute atomic E-state index is 0.0246. The van der Waals surface area contributed by atoms with E-state index in [-0.39, 0.29) is 39.8 Å². The first-order chi connectivity index (χ1) is 15.7. The first kappa shape index (κ1) is 22.6. The van der Waals surface area contributed by atoms with Gasteiger partial charge in [-0.05, 0) is 55.0 Å². The van der Waals surface area contributed by atoms with Crippen LogP contribution in [0.15, 0.2) is 65.6 Å². The summed E-state index contributed by atoms with van der Waals surface area (Å²) in [5.74, 6) is -1.11. The molecule has 0 saturated carbocycles. The predicted molar refractivity (Wildman–Crippen MR) is 122 cm³/mol. The summed E-state index contributed by atoms with van der Waals surface area (Å²) in [7, 11) is -4.06. The van der Waals surface area contributed by atoms with Gasteiger partial charge in [-0.3, -0.25) is 9.10 Å². The highest BCUT2D eigenvalue weighted by Gasteiger charge is 2.35. The number of aliphatic hydroxyl groups excluding tert-OH is 1. The number of amides is 1. The summed E-state index contributed by atoms with van der Waals surface area (Å²) in [5, 5.41) is 12.2. The topological polar surface area (TPSA) is 122 Å². The van der Waals surface area contributed by atoms with Crippen molar-refractivity contribution >= 4 is 33.0 Å². The molecule has 3 aromatic rings. The van der Waals surface area contributed by atoms with Gasteiger partial charge in [0.05, 0.1) is 29.3 Å². The van der Waals surface area contributed by atoms with Crippen LogP contribution >= 0.6 is 0 Å². The third-order valence-corrected chi connectivity index (χ3v) is 7.02. The fraction of sp³-hybridized carbons (Fsp3) is 0.174. The monoisotopic (exact) mass is 471 g/mol. The van der Waals surface area contributed by atoms with Crippen molar-refractivity contribution in [2.75, 3.05) is 28.5 Å². The number of halogens is 1. The summed E-state index contributed by atoms with van der Waals surface area (Å²) < 4.78 is 47.8. The number of anilines is 3. The molecule has 0 aromatic heterocycles. The van der Waals surface area contributed by atoms with Crippen molar-refractivity contribution in [2.24, 2.45) is 0 Å². The third kappa shape index (κ3) is 4.35. The number of fused-ring (bicyclic) bond motifs is 1. The molecule has 0 spiro atoms. The van der Waals surface area contributed by atoms with E-state index >= 15 is 0 Å². The summed E-state index contributed by atoms with van der Waals surface area (Å²) in [6.45, 7) is 1.07. The van der Waals surface area contributed by atoms with Gasteiger partial charge in [0, 0.05) is 11.4 Å². The highest BCUT2D eigenvalue weighted by atomic mass is 32.2. The van der Waals surface area contributed by atoms with Gasteiger partial charge in [0.2, 0.25) is 0 Å². The molecule has 1 heterocycles. The molecule has 8 nitrogen and oxygen atoms in total. The average Bonchev–Trinajstić information content (AvgIpc) is 2.78. The van der Waals surface area contributed by atoms with Gasteiger partial charge in [0.1, 0.15) is 17.7 Å². The van der Waals surface area contributed by atoms with Crippen LogP contribution in [0.5, 0.6) is 5.75 Å². The Morgan fingerprint density at radius 3 is 2.67 bits per heavy atom. The van der Waals surface area contributed by atoms with Crippen LogP contribution in [0.3, 0.4) is 0 Å². The van der Waals surface area contributed by atoms with Crippen LogP contribution in [0.4, 0.5) is 21.5 Å². The molecule has 172 valence electrons. The summed E-state index contributed by atoms with van der Waals surface area (Å²) in [6, 6.07) is 14.6. The number of ether oxygens (including phenoxy) is 1. The highest BCUT2D eigenvalue weighted by Crippen LogP contribution is 2.39. The summed E-state index contributed by atoms with van der Waals surface area (Å²) >= 11 is 0. The zero-order chi connectivity index (χ0) is 23.8. The van der Waals surface area contributed by atoms with E-state index < -0.39 is 34.5 Å². The van der Waals surface area contributed by atoms with Crippen molar-refractivity contribution in [2.45, 2.75) is 17.9 Å². The Balaban J connectivity index is 1.73. The Morgan fingerprint density at radius 2 is 1.97 bits per heavy atom. The maximum atomic E-state index is 14.2. The molecule has 1 amide bonds. The zero-order valence-corrected chi connectivity index (χ0v) is 18.5. The third-order valence-electron chi connectivity index (χ3n) is 5.25. The second kappa shape index (κ2) is 8.72. The Hall–Kier alpha value is -3.63. The molecule has 0 saturated heterocycles. The van der Waals surface area contributed by atoms with E-state index in [0.29, 0.717) is 5.56 Å². The van der Waals surface area contributed by atoms with Crippen LogP contribution in [-0.2, 0) is 10.0 Å². The highest BCUT2D eigenvalue weighted by molar-refractivity contribution is 7.92. The molecule has 4 rings (SSSR count). The van der Waals surface area contributed by atoms with E-state index in [4.69, 9.17) is 10.5 Å². The van der Waals surface area contributed by atoms with Crippen LogP contribution in [0.1, 0.15) is 15.9 Å². The predicted octanol–water partition coefficient (Wildman–Crippen LogP) is 2.92. The number of carbonyl (C=O) groups excluding carboxylic acids is 1. The summed E-state index contributed by atoms with van der Waals surface area (Å²) in [6.07, 6.45) is -0.783. The second-order valence-corrected chi connectivity index (χ2v) is 9.46. The van der Waals surface area contributed by atoms with Gasteiger partial charge < -0.3 is 20.9 Å². The van der Waals surface area contributed by atoms with E-state index in [1.807, 2.05) is 0 Å². The lowest BCUT2D eigenvalue weighted by atomic mass is 10.1. The number of rotatable bonds is 5. The second-order valence-electron chi connectivity index (χ2n) is 7.60. The number of nitrogens with zero attached hydrogens (tertiary/aromatic N) is 1. The van der Waals surface area contributed by atoms with E-state index in [9.17, 15) is 22.7 Å². The normalized spacial score (nSPS) is 15.5. The Labute approximate surface area is 190 Å². The number of hydrogen-bond donors (Lipinski definition) is 3. The van der Waals surface area contributed by atoms with E-state index in [2.05, 4.69) is 5.32 Å². The molecule has 1 aliphatic heterocycles. The fourth-order valence-electron chi connectivity index (χ4n) is 3.63. The average molecular weight is 472 g/mol. The molecule has 3 aromatic carbocycles. The van der Waals surface area contributed by atoms with Crippen molar-refractivity contribution in [3.8, 4) is 5.75 Å². The Bertz CT molecular complexity index is 1310. The molecular weight excluding hydrogens is 449 g/mol. The lowest BCUT2D eigenvalue weighted by molar-refractivity contribution is 0.102. The number of aliphatic hydroxyl groups is 1. The molecule has 4 N–H and O–H groups in total. The zero-order valence-electron chi connectivity index (χ0n) is 17.7. The lowest BCUT2D eigenvalue weighted by Gasteiger charge is -2.35. The first-order valence-corrected chi connectivity index (χ1v) is 11.5. The van der Waals surface area contributed by atoms with Crippen molar-refractivity contribution in [3.05, 3.63) is 77.6 Å². The van der Waals surface area contributed by atoms with Crippen molar-refractivity contribution in [1.29, 1.82) is 0 Å². The molecule has 0 unspecified atom stereocenters. The maximum Gasteiger partial charge on any atom is 0.264 e. The van der Waals surface area contributed by atoms with E-state index in [1.165, 1.54) is 48.5 Å². The van der Waals surface area contributed by atoms with E-state index in [0.717, 1.165) is 4.31 Å². The summed E-state index contributed by atoms with van der Waals surface area (Å²) in [5.41, 5.74) is 6.83. The Kier molecular flexibility index (Phi) is 5.96. The fourth-order valence-corrected chi connectivity index (χ4v) is 5.18. The van der Waals surface area contributed by atoms with Crippen LogP contribution in [0.25, 0.3) is 0 Å². The minimum Gasteiger partial charge on any atom is -0.484 e. The van der Waals surface area contributed by atoms with Gasteiger partial charge in [-0.25, -0.2) is 12.8 Å². The van der Waals surface area contributed by atoms with Crippen LogP contribution in [0, 0.1) is 12.7 Å². The van der Waals surface area contributed by atoms with Gasteiger partial charge in [-0.15, -0.1) is 0 Å². The smallest absolute Gasteiger partial charge is 0.264 e. The maximum absolute atomic E-state index is 14.2. The number of carbonyl (C=O) groups is 1. The van der Waals surface area contributed by atoms with Crippen LogP contribution in [0.2, 0.25) is 0 Å². The van der Waals surface area contributed by atoms with Gasteiger partial charge in [-0.2, -0.15) is 0 Å². The van der Waals surface area contributed by atoms with Gasteiger partial charge in [0.15, 0.2) is 0 Å². The molecule has 0 fully saturated rings.